The third-order valence-electron chi connectivity index (χ3n) is 2.57. The van der Waals surface area contributed by atoms with Gasteiger partial charge < -0.3 is 14.8 Å². The van der Waals surface area contributed by atoms with Crippen LogP contribution in [0.3, 0.4) is 0 Å². The molecule has 1 aromatic rings. The second-order valence-corrected chi connectivity index (χ2v) is 4.75. The van der Waals surface area contributed by atoms with E-state index >= 15 is 0 Å². The van der Waals surface area contributed by atoms with Gasteiger partial charge in [-0.1, -0.05) is 0 Å². The summed E-state index contributed by atoms with van der Waals surface area (Å²) in [4.78, 5) is 0. The Hall–Kier alpha value is -0.900. The van der Waals surface area contributed by atoms with Crippen LogP contribution in [0.5, 0.6) is 11.5 Å². The number of hydrogen-bond acceptors (Lipinski definition) is 3. The summed E-state index contributed by atoms with van der Waals surface area (Å²) in [6, 6.07) is 4.62. The molecule has 0 aromatic heterocycles. The Bertz CT molecular complexity index is 390. The molecule has 0 saturated heterocycles. The fourth-order valence-corrected chi connectivity index (χ4v) is 2.06. The Morgan fingerprint density at radius 3 is 2.47 bits per heavy atom. The smallest absolute Gasteiger partial charge is 0.163 e. The fraction of sp³-hybridized carbons (Fsp3) is 0.455. The van der Waals surface area contributed by atoms with Gasteiger partial charge in [0.05, 0.1) is 5.69 Å². The van der Waals surface area contributed by atoms with Crippen molar-refractivity contribution in [1.29, 1.82) is 0 Å². The first-order valence-electron chi connectivity index (χ1n) is 5.18. The molecule has 1 saturated carbocycles. The molecule has 15 heavy (non-hydrogen) atoms. The molecule has 0 amide bonds. The van der Waals surface area contributed by atoms with E-state index < -0.39 is 0 Å². The maximum Gasteiger partial charge on any atom is 0.163 e. The highest BCUT2D eigenvalue weighted by Crippen LogP contribution is 2.39. The molecule has 0 bridgehead atoms. The van der Waals surface area contributed by atoms with Crippen molar-refractivity contribution in [3.63, 3.8) is 0 Å². The topological polar surface area (TPSA) is 30.5 Å². The molecule has 1 aliphatic heterocycles. The Balaban J connectivity index is 1.92. The zero-order chi connectivity index (χ0) is 10.3. The third kappa shape index (κ3) is 1.91. The van der Waals surface area contributed by atoms with Gasteiger partial charge >= 0.3 is 0 Å². The number of ether oxygens (including phenoxy) is 2. The highest BCUT2D eigenvalue weighted by molar-refractivity contribution is 9.10. The maximum atomic E-state index is 5.54. The monoisotopic (exact) mass is 269 g/mol. The van der Waals surface area contributed by atoms with Crippen molar-refractivity contribution in [1.82, 2.24) is 0 Å². The number of benzene rings is 1. The molecule has 4 heteroatoms. The summed E-state index contributed by atoms with van der Waals surface area (Å²) in [6.07, 6.45) is 2.53. The summed E-state index contributed by atoms with van der Waals surface area (Å²) < 4.78 is 12.1. The molecule has 1 aromatic carbocycles. The van der Waals surface area contributed by atoms with Crippen LogP contribution in [0.1, 0.15) is 12.8 Å². The molecule has 1 aliphatic carbocycles. The number of fused-ring (bicyclic) bond motifs is 1. The second kappa shape index (κ2) is 3.59. The average Bonchev–Trinajstić information content (AvgIpc) is 3.03. The Kier molecular flexibility index (Phi) is 2.24. The number of anilines is 1. The summed E-state index contributed by atoms with van der Waals surface area (Å²) in [6.45, 7) is 1.27. The van der Waals surface area contributed by atoms with Crippen molar-refractivity contribution < 1.29 is 9.47 Å². The van der Waals surface area contributed by atoms with Crippen molar-refractivity contribution in [2.45, 2.75) is 18.9 Å². The van der Waals surface area contributed by atoms with Gasteiger partial charge in [0.2, 0.25) is 0 Å². The second-order valence-electron chi connectivity index (χ2n) is 3.89. The average molecular weight is 270 g/mol. The van der Waals surface area contributed by atoms with E-state index in [1.165, 1.54) is 12.8 Å². The highest BCUT2D eigenvalue weighted by Gasteiger charge is 2.23. The summed E-state index contributed by atoms with van der Waals surface area (Å²) in [5.74, 6) is 1.67. The summed E-state index contributed by atoms with van der Waals surface area (Å²) in [5, 5.41) is 3.45. The summed E-state index contributed by atoms with van der Waals surface area (Å²) in [5.41, 5.74) is 1.10. The largest absolute Gasteiger partial charge is 0.486 e. The van der Waals surface area contributed by atoms with Crippen LogP contribution < -0.4 is 14.8 Å². The van der Waals surface area contributed by atoms with E-state index in [4.69, 9.17) is 9.47 Å². The van der Waals surface area contributed by atoms with E-state index in [9.17, 15) is 0 Å². The van der Waals surface area contributed by atoms with Crippen LogP contribution in [-0.4, -0.2) is 19.3 Å². The van der Waals surface area contributed by atoms with Crippen LogP contribution >= 0.6 is 15.9 Å². The van der Waals surface area contributed by atoms with E-state index in [1.807, 2.05) is 12.1 Å². The predicted octanol–water partition coefficient (Wildman–Crippen LogP) is 2.79. The van der Waals surface area contributed by atoms with Gasteiger partial charge in [0.1, 0.15) is 13.2 Å². The number of nitrogens with one attached hydrogen (secondary N) is 1. The molecule has 0 radical (unpaired) electrons. The van der Waals surface area contributed by atoms with Crippen LogP contribution in [0.4, 0.5) is 5.69 Å². The van der Waals surface area contributed by atoms with Crippen molar-refractivity contribution in [3.05, 3.63) is 16.6 Å². The predicted molar refractivity (Wildman–Crippen MR) is 61.8 cm³/mol. The lowest BCUT2D eigenvalue weighted by Gasteiger charge is -2.20. The SMILES string of the molecule is Brc1cc2c(cc1NC1CC1)OCCO2. The molecule has 0 spiro atoms. The van der Waals surface area contributed by atoms with Crippen LogP contribution in [0.15, 0.2) is 16.6 Å². The molecule has 1 N–H and O–H groups in total. The zero-order valence-corrected chi connectivity index (χ0v) is 9.84. The molecule has 80 valence electrons. The normalized spacial score (nSPS) is 18.7. The van der Waals surface area contributed by atoms with Gasteiger partial charge in [-0.25, -0.2) is 0 Å². The molecule has 1 fully saturated rings. The molecule has 0 unspecified atom stereocenters. The lowest BCUT2D eigenvalue weighted by molar-refractivity contribution is 0.171. The van der Waals surface area contributed by atoms with E-state index in [-0.39, 0.29) is 0 Å². The molecule has 2 aliphatic rings. The quantitative estimate of drug-likeness (QED) is 0.896. The number of rotatable bonds is 2. The minimum absolute atomic E-state index is 0.634. The van der Waals surface area contributed by atoms with Gasteiger partial charge in [0, 0.05) is 22.6 Å². The molecular weight excluding hydrogens is 258 g/mol. The molecule has 1 heterocycles. The van der Waals surface area contributed by atoms with Crippen molar-refractivity contribution in [3.8, 4) is 11.5 Å². The standard InChI is InChI=1S/C11H12BrNO2/c12-8-5-10-11(15-4-3-14-10)6-9(8)13-7-1-2-7/h5-7,13H,1-4H2. The van der Waals surface area contributed by atoms with E-state index in [0.29, 0.717) is 19.3 Å². The number of halogens is 1. The van der Waals surface area contributed by atoms with Crippen LogP contribution in [-0.2, 0) is 0 Å². The first kappa shape index (κ1) is 9.33. The fourth-order valence-electron chi connectivity index (χ4n) is 1.62. The third-order valence-corrected chi connectivity index (χ3v) is 3.22. The van der Waals surface area contributed by atoms with Crippen LogP contribution in [0, 0.1) is 0 Å². The van der Waals surface area contributed by atoms with Gasteiger partial charge in [0.15, 0.2) is 11.5 Å². The summed E-state index contributed by atoms with van der Waals surface area (Å²) in [7, 11) is 0. The molecular formula is C11H12BrNO2. The van der Waals surface area contributed by atoms with Crippen LogP contribution in [0.25, 0.3) is 0 Å². The molecule has 3 rings (SSSR count). The van der Waals surface area contributed by atoms with Crippen molar-refractivity contribution >= 4 is 21.6 Å². The lowest BCUT2D eigenvalue weighted by atomic mass is 10.2. The van der Waals surface area contributed by atoms with E-state index in [2.05, 4.69) is 21.2 Å². The van der Waals surface area contributed by atoms with Crippen molar-refractivity contribution in [2.75, 3.05) is 18.5 Å². The van der Waals surface area contributed by atoms with Gasteiger partial charge in [-0.15, -0.1) is 0 Å². The minimum atomic E-state index is 0.634. The van der Waals surface area contributed by atoms with Gasteiger partial charge in [-0.3, -0.25) is 0 Å². The van der Waals surface area contributed by atoms with Gasteiger partial charge in [-0.2, -0.15) is 0 Å². The first-order valence-corrected chi connectivity index (χ1v) is 5.98. The Labute approximate surface area is 96.9 Å². The first-order chi connectivity index (χ1) is 7.33. The van der Waals surface area contributed by atoms with Crippen molar-refractivity contribution in [2.24, 2.45) is 0 Å². The zero-order valence-electron chi connectivity index (χ0n) is 8.25. The number of hydrogen-bond donors (Lipinski definition) is 1. The van der Waals surface area contributed by atoms with Crippen LogP contribution in [0.2, 0.25) is 0 Å². The Morgan fingerprint density at radius 1 is 1.13 bits per heavy atom. The molecule has 3 nitrogen and oxygen atoms in total. The minimum Gasteiger partial charge on any atom is -0.486 e. The van der Waals surface area contributed by atoms with Gasteiger partial charge in [-0.05, 0) is 28.8 Å². The maximum absolute atomic E-state index is 5.54. The lowest BCUT2D eigenvalue weighted by Crippen LogP contribution is -2.15. The van der Waals surface area contributed by atoms with E-state index in [1.54, 1.807) is 0 Å². The summed E-state index contributed by atoms with van der Waals surface area (Å²) >= 11 is 3.53. The Morgan fingerprint density at radius 2 is 1.80 bits per heavy atom. The molecule has 0 atom stereocenters. The van der Waals surface area contributed by atoms with Gasteiger partial charge in [0.25, 0.3) is 0 Å². The highest BCUT2D eigenvalue weighted by atomic mass is 79.9. The van der Waals surface area contributed by atoms with E-state index in [0.717, 1.165) is 21.7 Å².